The third-order valence-corrected chi connectivity index (χ3v) is 2.79. The van der Waals surface area contributed by atoms with E-state index in [0.717, 1.165) is 10.8 Å². The standard InChI is InChI=1S/C13H17BrO4/c1-3-16-13(17-4-2)9-18-12-6-5-10(8-15)7-11(12)14/h5-8,13H,3-4,9H2,1-2H3. The van der Waals surface area contributed by atoms with Crippen molar-refractivity contribution in [2.24, 2.45) is 0 Å². The summed E-state index contributed by atoms with van der Waals surface area (Å²) in [6.45, 7) is 5.25. The van der Waals surface area contributed by atoms with E-state index in [1.54, 1.807) is 18.2 Å². The van der Waals surface area contributed by atoms with Crippen molar-refractivity contribution in [1.82, 2.24) is 0 Å². The highest BCUT2D eigenvalue weighted by Crippen LogP contribution is 2.25. The molecule has 4 nitrogen and oxygen atoms in total. The minimum Gasteiger partial charge on any atom is -0.487 e. The number of carbonyl (C=O) groups excluding carboxylic acids is 1. The predicted molar refractivity (Wildman–Crippen MR) is 72.1 cm³/mol. The summed E-state index contributed by atoms with van der Waals surface area (Å²) in [4.78, 5) is 10.6. The van der Waals surface area contributed by atoms with Crippen LogP contribution < -0.4 is 4.74 Å². The second-order valence-electron chi connectivity index (χ2n) is 3.46. The summed E-state index contributed by atoms with van der Waals surface area (Å²) in [7, 11) is 0. The van der Waals surface area contributed by atoms with Gasteiger partial charge in [0, 0.05) is 18.8 Å². The Kier molecular flexibility index (Phi) is 6.93. The molecule has 0 aromatic heterocycles. The van der Waals surface area contributed by atoms with E-state index < -0.39 is 0 Å². The molecule has 0 aliphatic heterocycles. The molecule has 0 saturated carbocycles. The van der Waals surface area contributed by atoms with Crippen LogP contribution in [0.15, 0.2) is 22.7 Å². The molecule has 0 N–H and O–H groups in total. The Labute approximate surface area is 115 Å². The second-order valence-corrected chi connectivity index (χ2v) is 4.31. The molecule has 0 aliphatic rings. The Morgan fingerprint density at radius 3 is 2.44 bits per heavy atom. The number of hydrogen-bond acceptors (Lipinski definition) is 4. The summed E-state index contributed by atoms with van der Waals surface area (Å²) < 4.78 is 17.1. The van der Waals surface area contributed by atoms with Gasteiger partial charge in [-0.05, 0) is 48.0 Å². The minimum absolute atomic E-state index is 0.306. The zero-order chi connectivity index (χ0) is 13.4. The molecule has 1 rings (SSSR count). The first-order valence-corrected chi connectivity index (χ1v) is 6.61. The maximum absolute atomic E-state index is 10.6. The van der Waals surface area contributed by atoms with Crippen LogP contribution in [-0.2, 0) is 9.47 Å². The van der Waals surface area contributed by atoms with Crippen LogP contribution in [0.5, 0.6) is 5.75 Å². The molecular formula is C13H17BrO4. The molecule has 0 unspecified atom stereocenters. The number of rotatable bonds is 8. The Morgan fingerprint density at radius 2 is 1.94 bits per heavy atom. The van der Waals surface area contributed by atoms with Crippen LogP contribution in [0.2, 0.25) is 0 Å². The van der Waals surface area contributed by atoms with Crippen molar-refractivity contribution in [3.05, 3.63) is 28.2 Å². The van der Waals surface area contributed by atoms with Gasteiger partial charge >= 0.3 is 0 Å². The van der Waals surface area contributed by atoms with Crippen LogP contribution in [0.25, 0.3) is 0 Å². The number of ether oxygens (including phenoxy) is 3. The molecule has 0 atom stereocenters. The van der Waals surface area contributed by atoms with E-state index in [-0.39, 0.29) is 6.29 Å². The molecular weight excluding hydrogens is 300 g/mol. The monoisotopic (exact) mass is 316 g/mol. The Hall–Kier alpha value is -0.910. The molecule has 0 radical (unpaired) electrons. The molecule has 0 aliphatic carbocycles. The molecule has 0 saturated heterocycles. The van der Waals surface area contributed by atoms with E-state index >= 15 is 0 Å². The van der Waals surface area contributed by atoms with E-state index in [1.165, 1.54) is 0 Å². The highest BCUT2D eigenvalue weighted by Gasteiger charge is 2.10. The van der Waals surface area contributed by atoms with Gasteiger partial charge in [0.1, 0.15) is 18.6 Å². The van der Waals surface area contributed by atoms with E-state index in [2.05, 4.69) is 15.9 Å². The first-order valence-electron chi connectivity index (χ1n) is 5.82. The van der Waals surface area contributed by atoms with Crippen LogP contribution in [0.1, 0.15) is 24.2 Å². The van der Waals surface area contributed by atoms with Crippen LogP contribution in [0.3, 0.4) is 0 Å². The summed E-state index contributed by atoms with van der Waals surface area (Å²) >= 11 is 3.35. The zero-order valence-electron chi connectivity index (χ0n) is 10.5. The van der Waals surface area contributed by atoms with Gasteiger partial charge < -0.3 is 14.2 Å². The Bertz CT molecular complexity index is 375. The van der Waals surface area contributed by atoms with Gasteiger partial charge in [-0.2, -0.15) is 0 Å². The fraction of sp³-hybridized carbons (Fsp3) is 0.462. The molecule has 0 spiro atoms. The van der Waals surface area contributed by atoms with E-state index in [1.807, 2.05) is 13.8 Å². The maximum Gasteiger partial charge on any atom is 0.191 e. The number of carbonyl (C=O) groups is 1. The fourth-order valence-electron chi connectivity index (χ4n) is 1.38. The average Bonchev–Trinajstić information content (AvgIpc) is 2.37. The van der Waals surface area contributed by atoms with E-state index in [4.69, 9.17) is 14.2 Å². The molecule has 18 heavy (non-hydrogen) atoms. The number of hydrogen-bond donors (Lipinski definition) is 0. The van der Waals surface area contributed by atoms with Gasteiger partial charge in [-0.25, -0.2) is 0 Å². The lowest BCUT2D eigenvalue weighted by Gasteiger charge is -2.18. The SMILES string of the molecule is CCOC(COc1ccc(C=O)cc1Br)OCC. The first kappa shape index (κ1) is 15.1. The largest absolute Gasteiger partial charge is 0.487 e. The molecule has 0 bridgehead atoms. The summed E-state index contributed by atoms with van der Waals surface area (Å²) in [5.74, 6) is 0.657. The predicted octanol–water partition coefficient (Wildman–Crippen LogP) is 3.04. The summed E-state index contributed by atoms with van der Waals surface area (Å²) in [5.41, 5.74) is 0.598. The topological polar surface area (TPSA) is 44.8 Å². The fourth-order valence-corrected chi connectivity index (χ4v) is 1.89. The lowest BCUT2D eigenvalue weighted by molar-refractivity contribution is -0.152. The van der Waals surface area contributed by atoms with Gasteiger partial charge in [0.05, 0.1) is 4.47 Å². The summed E-state index contributed by atoms with van der Waals surface area (Å²) in [6, 6.07) is 5.14. The minimum atomic E-state index is -0.377. The number of aldehydes is 1. The lowest BCUT2D eigenvalue weighted by Crippen LogP contribution is -2.25. The van der Waals surface area contributed by atoms with Gasteiger partial charge in [0.15, 0.2) is 6.29 Å². The highest BCUT2D eigenvalue weighted by molar-refractivity contribution is 9.10. The van der Waals surface area contributed by atoms with Crippen LogP contribution >= 0.6 is 15.9 Å². The van der Waals surface area contributed by atoms with Crippen molar-refractivity contribution in [3.8, 4) is 5.75 Å². The quantitative estimate of drug-likeness (QED) is 0.546. The van der Waals surface area contributed by atoms with Crippen molar-refractivity contribution in [2.75, 3.05) is 19.8 Å². The molecule has 1 aromatic carbocycles. The zero-order valence-corrected chi connectivity index (χ0v) is 12.1. The van der Waals surface area contributed by atoms with Crippen molar-refractivity contribution < 1.29 is 19.0 Å². The van der Waals surface area contributed by atoms with Gasteiger partial charge in [-0.15, -0.1) is 0 Å². The Morgan fingerprint density at radius 1 is 1.28 bits per heavy atom. The van der Waals surface area contributed by atoms with Crippen molar-refractivity contribution in [1.29, 1.82) is 0 Å². The molecule has 0 amide bonds. The van der Waals surface area contributed by atoms with Crippen molar-refractivity contribution in [2.45, 2.75) is 20.1 Å². The lowest BCUT2D eigenvalue weighted by atomic mass is 10.2. The molecule has 5 heteroatoms. The molecule has 1 aromatic rings. The second kappa shape index (κ2) is 8.24. The van der Waals surface area contributed by atoms with Crippen LogP contribution in [0.4, 0.5) is 0 Å². The molecule has 0 heterocycles. The smallest absolute Gasteiger partial charge is 0.191 e. The molecule has 100 valence electrons. The van der Waals surface area contributed by atoms with Gasteiger partial charge in [0.2, 0.25) is 0 Å². The third kappa shape index (κ3) is 4.76. The molecule has 0 fully saturated rings. The van der Waals surface area contributed by atoms with Crippen LogP contribution in [0, 0.1) is 0 Å². The summed E-state index contributed by atoms with van der Waals surface area (Å²) in [6.07, 6.45) is 0.412. The highest BCUT2D eigenvalue weighted by atomic mass is 79.9. The van der Waals surface area contributed by atoms with E-state index in [9.17, 15) is 4.79 Å². The van der Waals surface area contributed by atoms with Crippen molar-refractivity contribution in [3.63, 3.8) is 0 Å². The average molecular weight is 317 g/mol. The maximum atomic E-state index is 10.6. The summed E-state index contributed by atoms with van der Waals surface area (Å²) in [5, 5.41) is 0. The van der Waals surface area contributed by atoms with Crippen molar-refractivity contribution >= 4 is 22.2 Å². The normalized spacial score (nSPS) is 10.7. The third-order valence-electron chi connectivity index (χ3n) is 2.17. The van der Waals surface area contributed by atoms with E-state index in [0.29, 0.717) is 31.1 Å². The van der Waals surface area contributed by atoms with Gasteiger partial charge in [-0.1, -0.05) is 0 Å². The first-order chi connectivity index (χ1) is 8.71. The van der Waals surface area contributed by atoms with Gasteiger partial charge in [0.25, 0.3) is 0 Å². The number of halogens is 1. The Balaban J connectivity index is 2.58. The van der Waals surface area contributed by atoms with Crippen LogP contribution in [-0.4, -0.2) is 32.4 Å². The van der Waals surface area contributed by atoms with Gasteiger partial charge in [-0.3, -0.25) is 4.79 Å². The number of benzene rings is 1.